The zero-order valence-electron chi connectivity index (χ0n) is 6.89. The highest BCUT2D eigenvalue weighted by atomic mass is 14.7. The van der Waals surface area contributed by atoms with E-state index in [9.17, 15) is 0 Å². The highest BCUT2D eigenvalue weighted by molar-refractivity contribution is 5.70. The van der Waals surface area contributed by atoms with Crippen LogP contribution in [0.5, 0.6) is 0 Å². The second-order valence-corrected chi connectivity index (χ2v) is 3.10. The van der Waals surface area contributed by atoms with Crippen molar-refractivity contribution in [1.29, 1.82) is 0 Å². The summed E-state index contributed by atoms with van der Waals surface area (Å²) in [7, 11) is 0. The van der Waals surface area contributed by atoms with Crippen LogP contribution in [0, 0.1) is 6.92 Å². The van der Waals surface area contributed by atoms with Crippen LogP contribution >= 0.6 is 0 Å². The van der Waals surface area contributed by atoms with Crippen LogP contribution in [0.2, 0.25) is 0 Å². The Morgan fingerprint density at radius 3 is 3.00 bits per heavy atom. The number of aromatic nitrogens is 1. The minimum atomic E-state index is 1.02. The third-order valence-electron chi connectivity index (χ3n) is 2.13. The third kappa shape index (κ3) is 0.967. The first-order chi connectivity index (χ1) is 5.27. The van der Waals surface area contributed by atoms with E-state index in [1.165, 1.54) is 22.4 Å². The van der Waals surface area contributed by atoms with Crippen LogP contribution in [-0.4, -0.2) is 4.98 Å². The van der Waals surface area contributed by atoms with Crippen molar-refractivity contribution in [3.05, 3.63) is 35.2 Å². The second-order valence-electron chi connectivity index (χ2n) is 3.10. The maximum atomic E-state index is 4.36. The van der Waals surface area contributed by atoms with Gasteiger partial charge >= 0.3 is 0 Å². The van der Waals surface area contributed by atoms with Gasteiger partial charge < -0.3 is 0 Å². The number of pyridine rings is 1. The summed E-state index contributed by atoms with van der Waals surface area (Å²) in [5.41, 5.74) is 5.19. The Morgan fingerprint density at radius 1 is 1.36 bits per heavy atom. The van der Waals surface area contributed by atoms with Crippen molar-refractivity contribution >= 4 is 5.57 Å². The standard InChI is InChI=1S/C10H11N/c1-7-5-9-8(2)3-4-10(9)11-6-7/h3,5-6H,4H2,1-2H3. The van der Waals surface area contributed by atoms with Crippen LogP contribution in [0.15, 0.2) is 18.3 Å². The van der Waals surface area contributed by atoms with Crippen molar-refractivity contribution in [3.8, 4) is 0 Å². The van der Waals surface area contributed by atoms with Gasteiger partial charge in [-0.1, -0.05) is 6.08 Å². The Balaban J connectivity index is 2.60. The number of fused-ring (bicyclic) bond motifs is 1. The minimum Gasteiger partial charge on any atom is -0.260 e. The van der Waals surface area contributed by atoms with E-state index in [1.54, 1.807) is 0 Å². The Morgan fingerprint density at radius 2 is 2.18 bits per heavy atom. The lowest BCUT2D eigenvalue weighted by Crippen LogP contribution is -1.89. The summed E-state index contributed by atoms with van der Waals surface area (Å²) in [4.78, 5) is 4.36. The molecule has 0 spiro atoms. The molecule has 0 amide bonds. The molecule has 0 radical (unpaired) electrons. The fourth-order valence-electron chi connectivity index (χ4n) is 1.46. The summed E-state index contributed by atoms with van der Waals surface area (Å²) in [6, 6.07) is 2.21. The average Bonchev–Trinajstić information content (AvgIpc) is 2.33. The molecular formula is C10H11N. The molecule has 2 rings (SSSR count). The molecule has 1 heterocycles. The molecule has 1 heteroatoms. The van der Waals surface area contributed by atoms with Crippen molar-refractivity contribution < 1.29 is 0 Å². The van der Waals surface area contributed by atoms with Gasteiger partial charge in [0.05, 0.1) is 5.69 Å². The summed E-state index contributed by atoms with van der Waals surface area (Å²) >= 11 is 0. The summed E-state index contributed by atoms with van der Waals surface area (Å²) < 4.78 is 0. The molecule has 0 aromatic carbocycles. The monoisotopic (exact) mass is 145 g/mol. The predicted molar refractivity (Wildman–Crippen MR) is 46.3 cm³/mol. The van der Waals surface area contributed by atoms with E-state index < -0.39 is 0 Å². The highest BCUT2D eigenvalue weighted by Gasteiger charge is 2.10. The van der Waals surface area contributed by atoms with Gasteiger partial charge in [-0.05, 0) is 36.6 Å². The molecule has 0 N–H and O–H groups in total. The molecule has 1 aliphatic rings. The number of hydrogen-bond acceptors (Lipinski definition) is 1. The van der Waals surface area contributed by atoms with Crippen molar-refractivity contribution in [2.45, 2.75) is 20.3 Å². The van der Waals surface area contributed by atoms with Crippen LogP contribution in [0.4, 0.5) is 0 Å². The van der Waals surface area contributed by atoms with E-state index in [0.29, 0.717) is 0 Å². The molecule has 1 aromatic rings. The lowest BCUT2D eigenvalue weighted by Gasteiger charge is -2.00. The summed E-state index contributed by atoms with van der Waals surface area (Å²) in [5, 5.41) is 0. The maximum absolute atomic E-state index is 4.36. The zero-order chi connectivity index (χ0) is 7.84. The van der Waals surface area contributed by atoms with Crippen LogP contribution < -0.4 is 0 Å². The van der Waals surface area contributed by atoms with Gasteiger partial charge in [-0.2, -0.15) is 0 Å². The predicted octanol–water partition coefficient (Wildman–Crippen LogP) is 2.35. The summed E-state index contributed by atoms with van der Waals surface area (Å²) in [6.45, 7) is 4.23. The van der Waals surface area contributed by atoms with Gasteiger partial charge in [-0.25, -0.2) is 0 Å². The second kappa shape index (κ2) is 2.19. The van der Waals surface area contributed by atoms with E-state index in [-0.39, 0.29) is 0 Å². The molecule has 1 aliphatic carbocycles. The maximum Gasteiger partial charge on any atom is 0.0516 e. The number of aryl methyl sites for hydroxylation is 1. The molecule has 0 saturated carbocycles. The Labute approximate surface area is 66.8 Å². The van der Waals surface area contributed by atoms with E-state index in [0.717, 1.165) is 6.42 Å². The largest absolute Gasteiger partial charge is 0.260 e. The molecular weight excluding hydrogens is 134 g/mol. The van der Waals surface area contributed by atoms with E-state index in [2.05, 4.69) is 31.0 Å². The average molecular weight is 145 g/mol. The molecule has 1 nitrogen and oxygen atoms in total. The third-order valence-corrected chi connectivity index (χ3v) is 2.13. The first-order valence-corrected chi connectivity index (χ1v) is 3.90. The molecule has 0 atom stereocenters. The molecule has 0 aliphatic heterocycles. The van der Waals surface area contributed by atoms with Crippen molar-refractivity contribution in [2.24, 2.45) is 0 Å². The lowest BCUT2D eigenvalue weighted by atomic mass is 10.1. The number of rotatable bonds is 0. The van der Waals surface area contributed by atoms with Crippen molar-refractivity contribution in [3.63, 3.8) is 0 Å². The normalized spacial score (nSPS) is 14.5. The first kappa shape index (κ1) is 6.59. The summed E-state index contributed by atoms with van der Waals surface area (Å²) in [5.74, 6) is 0. The van der Waals surface area contributed by atoms with E-state index in [1.807, 2.05) is 6.20 Å². The number of nitrogens with zero attached hydrogens (tertiary/aromatic N) is 1. The Bertz CT molecular complexity index is 324. The van der Waals surface area contributed by atoms with Gasteiger partial charge in [0.15, 0.2) is 0 Å². The Hall–Kier alpha value is -1.11. The molecule has 0 fully saturated rings. The number of hydrogen-bond donors (Lipinski definition) is 0. The molecule has 56 valence electrons. The molecule has 0 bridgehead atoms. The van der Waals surface area contributed by atoms with Gasteiger partial charge in [0.2, 0.25) is 0 Å². The van der Waals surface area contributed by atoms with Crippen LogP contribution in [-0.2, 0) is 6.42 Å². The SMILES string of the molecule is CC1=CCc2ncc(C)cc21. The van der Waals surface area contributed by atoms with Gasteiger partial charge in [0.25, 0.3) is 0 Å². The van der Waals surface area contributed by atoms with Crippen molar-refractivity contribution in [1.82, 2.24) is 4.98 Å². The quantitative estimate of drug-likeness (QED) is 0.546. The van der Waals surface area contributed by atoms with Gasteiger partial charge in [0.1, 0.15) is 0 Å². The fourth-order valence-corrected chi connectivity index (χ4v) is 1.46. The smallest absolute Gasteiger partial charge is 0.0516 e. The minimum absolute atomic E-state index is 1.02. The zero-order valence-corrected chi connectivity index (χ0v) is 6.89. The van der Waals surface area contributed by atoms with Crippen LogP contribution in [0.1, 0.15) is 23.7 Å². The van der Waals surface area contributed by atoms with Gasteiger partial charge in [0, 0.05) is 12.6 Å². The van der Waals surface area contributed by atoms with E-state index >= 15 is 0 Å². The first-order valence-electron chi connectivity index (χ1n) is 3.90. The highest BCUT2D eigenvalue weighted by Crippen LogP contribution is 2.25. The van der Waals surface area contributed by atoms with Gasteiger partial charge in [-0.3, -0.25) is 4.98 Å². The van der Waals surface area contributed by atoms with E-state index in [4.69, 9.17) is 0 Å². The number of allylic oxidation sites excluding steroid dienone is 2. The molecule has 0 saturated heterocycles. The fraction of sp³-hybridized carbons (Fsp3) is 0.300. The summed E-state index contributed by atoms with van der Waals surface area (Å²) in [6.07, 6.45) is 5.18. The topological polar surface area (TPSA) is 12.9 Å². The Kier molecular flexibility index (Phi) is 1.31. The van der Waals surface area contributed by atoms with Gasteiger partial charge in [-0.15, -0.1) is 0 Å². The van der Waals surface area contributed by atoms with Crippen molar-refractivity contribution in [2.75, 3.05) is 0 Å². The van der Waals surface area contributed by atoms with Crippen LogP contribution in [0.3, 0.4) is 0 Å². The lowest BCUT2D eigenvalue weighted by molar-refractivity contribution is 1.11. The molecule has 1 aromatic heterocycles. The molecule has 0 unspecified atom stereocenters. The van der Waals surface area contributed by atoms with Crippen LogP contribution in [0.25, 0.3) is 5.57 Å². The molecule has 11 heavy (non-hydrogen) atoms.